The second-order valence-electron chi connectivity index (χ2n) is 10.3. The molecular weight excluding hydrogens is 568 g/mol. The molecule has 0 spiro atoms. The van der Waals surface area contributed by atoms with Crippen LogP contribution in [0.3, 0.4) is 0 Å². The van der Waals surface area contributed by atoms with Crippen LogP contribution in [0.4, 0.5) is 30.8 Å². The quantitative estimate of drug-likeness (QED) is 0.248. The van der Waals surface area contributed by atoms with E-state index in [-0.39, 0.29) is 22.9 Å². The van der Waals surface area contributed by atoms with Gasteiger partial charge in [-0.05, 0) is 55.0 Å². The maximum atomic E-state index is 15.3. The number of morpholine rings is 1. The minimum Gasteiger partial charge on any atom is -0.378 e. The van der Waals surface area contributed by atoms with Crippen molar-refractivity contribution in [2.75, 3.05) is 41.8 Å². The van der Waals surface area contributed by atoms with E-state index in [0.717, 1.165) is 5.56 Å². The molecule has 0 aliphatic carbocycles. The van der Waals surface area contributed by atoms with Crippen molar-refractivity contribution < 1.29 is 23.1 Å². The Morgan fingerprint density at radius 2 is 1.64 bits per heavy atom. The molecule has 1 fully saturated rings. The number of carbonyl (C=O) groups excluding carboxylic acids is 2. The molecule has 44 heavy (non-hydrogen) atoms. The van der Waals surface area contributed by atoms with Crippen molar-refractivity contribution in [3.63, 3.8) is 0 Å². The van der Waals surface area contributed by atoms with Crippen LogP contribution in [-0.4, -0.2) is 58.1 Å². The van der Waals surface area contributed by atoms with E-state index < -0.39 is 17.7 Å². The predicted octanol–water partition coefficient (Wildman–Crippen LogP) is 5.64. The third-order valence-corrected chi connectivity index (χ3v) is 7.09. The number of aromatic nitrogens is 4. The number of hydrogen-bond donors (Lipinski definition) is 2. The van der Waals surface area contributed by atoms with Crippen molar-refractivity contribution >= 4 is 39.9 Å². The van der Waals surface area contributed by atoms with Crippen molar-refractivity contribution in [3.8, 4) is 22.5 Å². The summed E-state index contributed by atoms with van der Waals surface area (Å²) in [7, 11) is 0. The van der Waals surface area contributed by atoms with Gasteiger partial charge in [0, 0.05) is 59.7 Å². The molecule has 0 saturated carbocycles. The van der Waals surface area contributed by atoms with Crippen LogP contribution in [-0.2, 0) is 16.0 Å². The number of fused-ring (bicyclic) bond motifs is 1. The molecular formula is C32H27F2N7O3. The second kappa shape index (κ2) is 12.5. The number of amides is 2. The largest absolute Gasteiger partial charge is 0.378 e. The van der Waals surface area contributed by atoms with Crippen LogP contribution in [0.15, 0.2) is 73.3 Å². The van der Waals surface area contributed by atoms with E-state index in [1.54, 1.807) is 36.4 Å². The van der Waals surface area contributed by atoms with Gasteiger partial charge < -0.3 is 20.3 Å². The van der Waals surface area contributed by atoms with Crippen molar-refractivity contribution in [2.24, 2.45) is 0 Å². The van der Waals surface area contributed by atoms with Gasteiger partial charge in [-0.3, -0.25) is 4.79 Å². The first-order chi connectivity index (χ1) is 21.3. The summed E-state index contributed by atoms with van der Waals surface area (Å²) in [5, 5.41) is 5.68. The first kappa shape index (κ1) is 28.7. The number of ketones is 1. The Bertz CT molecular complexity index is 1850. The Balaban J connectivity index is 1.29. The Kier molecular flexibility index (Phi) is 8.15. The standard InChI is InChI=1S/C32H27F2N7O3/c1-19(42)12-20-2-5-23(6-3-20)37-32(43)39-28-7-4-21(13-27(28)34)30-38-29-15-24(22-16-35-18-36-17-22)26(33)14-25(29)31(40-30)41-8-10-44-11-9-41/h2-7,13-18H,8-12H2,1H3,(H2,37,39,43). The average Bonchev–Trinajstić information content (AvgIpc) is 3.03. The van der Waals surface area contributed by atoms with Crippen LogP contribution >= 0.6 is 0 Å². The summed E-state index contributed by atoms with van der Waals surface area (Å²) >= 11 is 0. The number of benzene rings is 3. The summed E-state index contributed by atoms with van der Waals surface area (Å²) in [4.78, 5) is 43.3. The fourth-order valence-corrected chi connectivity index (χ4v) is 4.97. The molecule has 1 aliphatic rings. The first-order valence-corrected chi connectivity index (χ1v) is 13.9. The number of Topliss-reactive ketones (excluding diaryl/α,β-unsaturated/α-hetero) is 1. The van der Waals surface area contributed by atoms with Crippen LogP contribution < -0.4 is 15.5 Å². The molecule has 6 rings (SSSR count). The Morgan fingerprint density at radius 1 is 0.886 bits per heavy atom. The van der Waals surface area contributed by atoms with Crippen molar-refractivity contribution in [1.29, 1.82) is 0 Å². The van der Waals surface area contributed by atoms with Crippen LogP contribution in [0.25, 0.3) is 33.4 Å². The highest BCUT2D eigenvalue weighted by atomic mass is 19.1. The number of carbonyl (C=O) groups is 2. The Labute approximate surface area is 251 Å². The second-order valence-corrected chi connectivity index (χ2v) is 10.3. The van der Waals surface area contributed by atoms with E-state index in [1.165, 1.54) is 43.8 Å². The minimum absolute atomic E-state index is 0.0368. The normalized spacial score (nSPS) is 13.1. The van der Waals surface area contributed by atoms with E-state index in [9.17, 15) is 9.59 Å². The van der Waals surface area contributed by atoms with Crippen LogP contribution in [0, 0.1) is 11.6 Å². The molecule has 2 aromatic heterocycles. The van der Waals surface area contributed by atoms with Gasteiger partial charge in [0.2, 0.25) is 0 Å². The molecule has 222 valence electrons. The van der Waals surface area contributed by atoms with Crippen molar-refractivity contribution in [3.05, 3.63) is 90.5 Å². The third kappa shape index (κ3) is 6.35. The van der Waals surface area contributed by atoms with E-state index in [0.29, 0.717) is 66.3 Å². The number of hydrogen-bond acceptors (Lipinski definition) is 8. The summed E-state index contributed by atoms with van der Waals surface area (Å²) in [6, 6.07) is 13.5. The van der Waals surface area contributed by atoms with Gasteiger partial charge in [0.05, 0.1) is 24.4 Å². The number of nitrogens with one attached hydrogen (secondary N) is 2. The lowest BCUT2D eigenvalue weighted by molar-refractivity contribution is -0.116. The Hall–Kier alpha value is -5.36. The fraction of sp³-hybridized carbons (Fsp3) is 0.188. The molecule has 12 heteroatoms. The summed E-state index contributed by atoms with van der Waals surface area (Å²) in [6.07, 6.45) is 4.70. The van der Waals surface area contributed by atoms with Gasteiger partial charge in [0.1, 0.15) is 29.6 Å². The minimum atomic E-state index is -0.688. The zero-order chi connectivity index (χ0) is 30.6. The predicted molar refractivity (Wildman–Crippen MR) is 162 cm³/mol. The number of urea groups is 1. The number of halogens is 2. The van der Waals surface area contributed by atoms with Crippen molar-refractivity contribution in [1.82, 2.24) is 19.9 Å². The van der Waals surface area contributed by atoms with E-state index in [1.807, 2.05) is 4.90 Å². The van der Waals surface area contributed by atoms with Crippen LogP contribution in [0.5, 0.6) is 0 Å². The first-order valence-electron chi connectivity index (χ1n) is 13.9. The molecule has 0 radical (unpaired) electrons. The van der Waals surface area contributed by atoms with E-state index in [2.05, 4.69) is 25.6 Å². The number of ether oxygens (including phenoxy) is 1. The number of nitrogens with zero attached hydrogens (tertiary/aromatic N) is 5. The summed E-state index contributed by atoms with van der Waals surface area (Å²) < 4.78 is 36.1. The maximum absolute atomic E-state index is 15.3. The monoisotopic (exact) mass is 595 g/mol. The lowest BCUT2D eigenvalue weighted by Crippen LogP contribution is -2.37. The molecule has 10 nitrogen and oxygen atoms in total. The van der Waals surface area contributed by atoms with Gasteiger partial charge in [-0.1, -0.05) is 12.1 Å². The van der Waals surface area contributed by atoms with Crippen LogP contribution in [0.2, 0.25) is 0 Å². The lowest BCUT2D eigenvalue weighted by atomic mass is 10.0. The van der Waals surface area contributed by atoms with Gasteiger partial charge in [-0.2, -0.15) is 0 Å². The highest BCUT2D eigenvalue weighted by Gasteiger charge is 2.21. The lowest BCUT2D eigenvalue weighted by Gasteiger charge is -2.29. The molecule has 2 amide bonds. The van der Waals surface area contributed by atoms with E-state index >= 15 is 8.78 Å². The van der Waals surface area contributed by atoms with Gasteiger partial charge in [0.15, 0.2) is 5.82 Å². The summed E-state index contributed by atoms with van der Waals surface area (Å²) in [5.74, 6) is -0.368. The number of anilines is 3. The molecule has 2 N–H and O–H groups in total. The fourth-order valence-electron chi connectivity index (χ4n) is 4.97. The average molecular weight is 596 g/mol. The molecule has 5 aromatic rings. The zero-order valence-electron chi connectivity index (χ0n) is 23.7. The molecule has 0 bridgehead atoms. The summed E-state index contributed by atoms with van der Waals surface area (Å²) in [6.45, 7) is 3.58. The molecule has 0 atom stereocenters. The van der Waals surface area contributed by atoms with Crippen molar-refractivity contribution in [2.45, 2.75) is 13.3 Å². The SMILES string of the molecule is CC(=O)Cc1ccc(NC(=O)Nc2ccc(-c3nc(N4CCOCC4)c4cc(F)c(-c5cncnc5)cc4n3)cc2F)cc1. The molecule has 1 saturated heterocycles. The van der Waals surface area contributed by atoms with Gasteiger partial charge in [-0.25, -0.2) is 33.5 Å². The Morgan fingerprint density at radius 3 is 2.34 bits per heavy atom. The topological polar surface area (TPSA) is 122 Å². The molecule has 0 unspecified atom stereocenters. The zero-order valence-corrected chi connectivity index (χ0v) is 23.7. The highest BCUT2D eigenvalue weighted by Crippen LogP contribution is 2.34. The van der Waals surface area contributed by atoms with Gasteiger partial charge in [-0.15, -0.1) is 0 Å². The maximum Gasteiger partial charge on any atom is 0.323 e. The smallest absolute Gasteiger partial charge is 0.323 e. The number of rotatable bonds is 7. The third-order valence-electron chi connectivity index (χ3n) is 7.09. The molecule has 1 aliphatic heterocycles. The van der Waals surface area contributed by atoms with Gasteiger partial charge >= 0.3 is 6.03 Å². The molecule has 3 heterocycles. The summed E-state index contributed by atoms with van der Waals surface area (Å²) in [5.41, 5.74) is 2.89. The van der Waals surface area contributed by atoms with Crippen LogP contribution in [0.1, 0.15) is 12.5 Å². The molecule has 3 aromatic carbocycles. The van der Waals surface area contributed by atoms with E-state index in [4.69, 9.17) is 9.72 Å². The van der Waals surface area contributed by atoms with Gasteiger partial charge in [0.25, 0.3) is 0 Å². The highest BCUT2D eigenvalue weighted by molar-refractivity contribution is 6.00.